The van der Waals surface area contributed by atoms with Gasteiger partial charge in [-0.2, -0.15) is 0 Å². The summed E-state index contributed by atoms with van der Waals surface area (Å²) in [5, 5.41) is 9.75. The van der Waals surface area contributed by atoms with E-state index in [1.807, 2.05) is 24.3 Å². The minimum atomic E-state index is -3.32. The average molecular weight is 458 g/mol. The normalized spacial score (nSPS) is 11.7. The molecule has 9 heteroatoms. The lowest BCUT2D eigenvalue weighted by molar-refractivity contribution is -0.118. The fourth-order valence-electron chi connectivity index (χ4n) is 2.87. The number of ether oxygens (including phenoxy) is 1. The first-order valence-corrected chi connectivity index (χ1v) is 11.9. The summed E-state index contributed by atoms with van der Waals surface area (Å²) in [6.45, 7) is 7.31. The van der Waals surface area contributed by atoms with Crippen molar-refractivity contribution in [3.63, 3.8) is 0 Å². The zero-order chi connectivity index (χ0) is 23.3. The van der Waals surface area contributed by atoms with E-state index < -0.39 is 21.0 Å². The van der Waals surface area contributed by atoms with E-state index in [2.05, 4.69) is 29.4 Å². The van der Waals surface area contributed by atoms with Crippen molar-refractivity contribution in [2.45, 2.75) is 50.2 Å². The first-order chi connectivity index (χ1) is 15.1. The van der Waals surface area contributed by atoms with Gasteiger partial charge in [0.2, 0.25) is 5.89 Å². The average Bonchev–Trinajstić information content (AvgIpc) is 3.19. The van der Waals surface area contributed by atoms with Crippen LogP contribution in [0.5, 0.6) is 5.75 Å². The Kier molecular flexibility index (Phi) is 7.29. The van der Waals surface area contributed by atoms with E-state index in [9.17, 15) is 13.2 Å². The molecule has 0 atom stereocenters. The number of hydrogen-bond donors (Lipinski definition) is 1. The van der Waals surface area contributed by atoms with Crippen LogP contribution in [0.1, 0.15) is 50.6 Å². The predicted molar refractivity (Wildman–Crippen MR) is 121 cm³/mol. The van der Waals surface area contributed by atoms with Gasteiger partial charge in [0.25, 0.3) is 5.91 Å². The van der Waals surface area contributed by atoms with Gasteiger partial charge in [0.1, 0.15) is 5.75 Å². The van der Waals surface area contributed by atoms with E-state index in [-0.39, 0.29) is 17.5 Å². The number of amides is 1. The predicted octanol–water partition coefficient (Wildman–Crippen LogP) is 3.98. The van der Waals surface area contributed by atoms with Gasteiger partial charge in [-0.3, -0.25) is 10.1 Å². The molecular formula is C23H27N3O5S. The van der Waals surface area contributed by atoms with Gasteiger partial charge in [0.05, 0.1) is 16.6 Å². The lowest BCUT2D eigenvalue weighted by Gasteiger charge is -2.08. The van der Waals surface area contributed by atoms with Crippen LogP contribution in [0.4, 0.5) is 6.01 Å². The van der Waals surface area contributed by atoms with Crippen LogP contribution < -0.4 is 10.1 Å². The van der Waals surface area contributed by atoms with Crippen molar-refractivity contribution in [1.82, 2.24) is 10.2 Å². The first-order valence-electron chi connectivity index (χ1n) is 10.3. The number of sulfone groups is 1. The van der Waals surface area contributed by atoms with Crippen LogP contribution in [0, 0.1) is 0 Å². The van der Waals surface area contributed by atoms with Crippen molar-refractivity contribution >= 4 is 21.8 Å². The smallest absolute Gasteiger partial charge is 0.322 e. The lowest BCUT2D eigenvalue weighted by atomic mass is 10.0. The Morgan fingerprint density at radius 3 is 2.25 bits per heavy atom. The second kappa shape index (κ2) is 9.95. The summed E-state index contributed by atoms with van der Waals surface area (Å²) < 4.78 is 35.3. The van der Waals surface area contributed by atoms with Gasteiger partial charge < -0.3 is 9.15 Å². The molecule has 3 rings (SSSR count). The molecule has 32 heavy (non-hydrogen) atoms. The Hall–Kier alpha value is -3.20. The van der Waals surface area contributed by atoms with E-state index in [1.54, 1.807) is 38.1 Å². The molecule has 0 unspecified atom stereocenters. The molecule has 0 aliphatic carbocycles. The Morgan fingerprint density at radius 2 is 1.66 bits per heavy atom. The number of nitrogens with one attached hydrogen (secondary N) is 1. The van der Waals surface area contributed by atoms with Gasteiger partial charge in [0, 0.05) is 0 Å². The standard InChI is InChI=1S/C23H27N3O5S/c1-15(2)18-7-9-19(10-8-18)30-14-21(27)24-23-26-25-22(31-23)13-17-5-11-20(12-6-17)32(28,29)16(3)4/h5-12,15-16H,13-14H2,1-4H3,(H,24,26,27). The van der Waals surface area contributed by atoms with Gasteiger partial charge in [-0.25, -0.2) is 8.42 Å². The molecule has 0 radical (unpaired) electrons. The molecule has 0 bridgehead atoms. The Morgan fingerprint density at radius 1 is 1.00 bits per heavy atom. The van der Waals surface area contributed by atoms with Crippen LogP contribution in [-0.2, 0) is 21.1 Å². The third kappa shape index (κ3) is 5.94. The summed E-state index contributed by atoms with van der Waals surface area (Å²) >= 11 is 0. The van der Waals surface area contributed by atoms with Crippen LogP contribution in [0.15, 0.2) is 57.8 Å². The first kappa shape index (κ1) is 23.5. The highest BCUT2D eigenvalue weighted by atomic mass is 32.2. The highest BCUT2D eigenvalue weighted by molar-refractivity contribution is 7.92. The molecule has 8 nitrogen and oxygen atoms in total. The minimum Gasteiger partial charge on any atom is -0.484 e. The van der Waals surface area contributed by atoms with Crippen molar-refractivity contribution < 1.29 is 22.4 Å². The molecule has 1 amide bonds. The zero-order valence-corrected chi connectivity index (χ0v) is 19.3. The summed E-state index contributed by atoms with van der Waals surface area (Å²) in [5.74, 6) is 0.894. The molecule has 170 valence electrons. The number of rotatable bonds is 9. The molecule has 0 saturated carbocycles. The van der Waals surface area contributed by atoms with Gasteiger partial charge in [-0.1, -0.05) is 43.2 Å². The summed E-state index contributed by atoms with van der Waals surface area (Å²) in [6, 6.07) is 14.1. The molecule has 1 aromatic heterocycles. The number of benzene rings is 2. The van der Waals surface area contributed by atoms with E-state index in [4.69, 9.17) is 9.15 Å². The summed E-state index contributed by atoms with van der Waals surface area (Å²) in [5.41, 5.74) is 2.00. The van der Waals surface area contributed by atoms with E-state index >= 15 is 0 Å². The Labute approximate surface area is 187 Å². The Bertz CT molecular complexity index is 1150. The Balaban J connectivity index is 1.52. The highest BCUT2D eigenvalue weighted by Crippen LogP contribution is 2.20. The van der Waals surface area contributed by atoms with Crippen LogP contribution >= 0.6 is 0 Å². The van der Waals surface area contributed by atoms with Crippen molar-refractivity contribution in [2.75, 3.05) is 11.9 Å². The number of aromatic nitrogens is 2. The molecular weight excluding hydrogens is 430 g/mol. The third-order valence-corrected chi connectivity index (χ3v) is 7.03. The number of carbonyl (C=O) groups is 1. The molecule has 1 heterocycles. The summed E-state index contributed by atoms with van der Waals surface area (Å²) in [6.07, 6.45) is 0.309. The van der Waals surface area contributed by atoms with Crippen molar-refractivity contribution in [2.24, 2.45) is 0 Å². The molecule has 3 aromatic rings. The maximum Gasteiger partial charge on any atom is 0.322 e. The molecule has 0 aliphatic heterocycles. The summed E-state index contributed by atoms with van der Waals surface area (Å²) in [7, 11) is -3.32. The molecule has 0 spiro atoms. The molecule has 0 saturated heterocycles. The van der Waals surface area contributed by atoms with Gasteiger partial charge in [-0.15, -0.1) is 5.10 Å². The molecule has 0 fully saturated rings. The number of carbonyl (C=O) groups excluding carboxylic acids is 1. The lowest BCUT2D eigenvalue weighted by Crippen LogP contribution is -2.20. The summed E-state index contributed by atoms with van der Waals surface area (Å²) in [4.78, 5) is 12.4. The van der Waals surface area contributed by atoms with Crippen LogP contribution in [0.2, 0.25) is 0 Å². The topological polar surface area (TPSA) is 111 Å². The number of anilines is 1. The molecule has 2 aromatic carbocycles. The van der Waals surface area contributed by atoms with Crippen molar-refractivity contribution in [3.05, 3.63) is 65.5 Å². The second-order valence-corrected chi connectivity index (χ2v) is 10.5. The number of hydrogen-bond acceptors (Lipinski definition) is 7. The van der Waals surface area contributed by atoms with Crippen molar-refractivity contribution in [1.29, 1.82) is 0 Å². The van der Waals surface area contributed by atoms with Crippen molar-refractivity contribution in [3.8, 4) is 5.75 Å². The van der Waals surface area contributed by atoms with E-state index in [0.29, 0.717) is 24.0 Å². The quantitative estimate of drug-likeness (QED) is 0.517. The van der Waals surface area contributed by atoms with Gasteiger partial charge >= 0.3 is 6.01 Å². The second-order valence-electron chi connectivity index (χ2n) is 7.98. The van der Waals surface area contributed by atoms with Crippen LogP contribution in [-0.4, -0.2) is 36.4 Å². The van der Waals surface area contributed by atoms with Crippen LogP contribution in [0.3, 0.4) is 0 Å². The monoisotopic (exact) mass is 457 g/mol. The van der Waals surface area contributed by atoms with Crippen LogP contribution in [0.25, 0.3) is 0 Å². The zero-order valence-electron chi connectivity index (χ0n) is 18.5. The molecule has 0 aliphatic rings. The minimum absolute atomic E-state index is 0.0252. The number of nitrogens with zero attached hydrogens (tertiary/aromatic N) is 2. The SMILES string of the molecule is CC(C)c1ccc(OCC(=O)Nc2nnc(Cc3ccc(S(=O)(=O)C(C)C)cc3)o2)cc1. The van der Waals surface area contributed by atoms with E-state index in [1.165, 1.54) is 5.56 Å². The largest absolute Gasteiger partial charge is 0.484 e. The van der Waals surface area contributed by atoms with Gasteiger partial charge in [0.15, 0.2) is 16.4 Å². The highest BCUT2D eigenvalue weighted by Gasteiger charge is 2.19. The molecule has 1 N–H and O–H groups in total. The maximum absolute atomic E-state index is 12.2. The maximum atomic E-state index is 12.2. The van der Waals surface area contributed by atoms with E-state index in [0.717, 1.165) is 5.56 Å². The fraction of sp³-hybridized carbons (Fsp3) is 0.348. The fourth-order valence-corrected chi connectivity index (χ4v) is 3.93. The van der Waals surface area contributed by atoms with Gasteiger partial charge in [-0.05, 0) is 55.2 Å². The third-order valence-electron chi connectivity index (χ3n) is 4.86.